The van der Waals surface area contributed by atoms with Crippen LogP contribution in [0.3, 0.4) is 0 Å². The Morgan fingerprint density at radius 3 is 2.68 bits per heavy atom. The van der Waals surface area contributed by atoms with Crippen LogP contribution in [-0.4, -0.2) is 19.1 Å². The summed E-state index contributed by atoms with van der Waals surface area (Å²) in [5, 5.41) is 6.44. The summed E-state index contributed by atoms with van der Waals surface area (Å²) in [6.07, 6.45) is -1.02. The second-order valence-corrected chi connectivity index (χ2v) is 5.19. The smallest absolute Gasteiger partial charge is 0.383 e. The minimum atomic E-state index is -4.37. The zero-order valence-electron chi connectivity index (χ0n) is 10.4. The van der Waals surface area contributed by atoms with Crippen molar-refractivity contribution >= 4 is 17.3 Å². The highest BCUT2D eigenvalue weighted by molar-refractivity contribution is 6.30. The zero-order valence-corrected chi connectivity index (χ0v) is 11.1. The van der Waals surface area contributed by atoms with Gasteiger partial charge in [0.15, 0.2) is 0 Å². The van der Waals surface area contributed by atoms with Crippen molar-refractivity contribution in [3.63, 3.8) is 0 Å². The van der Waals surface area contributed by atoms with Crippen LogP contribution in [0.1, 0.15) is 24.8 Å². The fourth-order valence-electron chi connectivity index (χ4n) is 2.19. The topological polar surface area (TPSA) is 24.1 Å². The lowest BCUT2D eigenvalue weighted by molar-refractivity contribution is -0.137. The van der Waals surface area contributed by atoms with Gasteiger partial charge in [-0.1, -0.05) is 18.0 Å². The maximum Gasteiger partial charge on any atom is 0.416 e. The summed E-state index contributed by atoms with van der Waals surface area (Å²) in [6, 6.07) is 3.85. The first-order valence-electron chi connectivity index (χ1n) is 6.30. The first-order chi connectivity index (χ1) is 8.95. The molecular formula is C13H16ClF3N2. The van der Waals surface area contributed by atoms with Crippen LogP contribution in [0, 0.1) is 0 Å². The van der Waals surface area contributed by atoms with Crippen molar-refractivity contribution in [2.45, 2.75) is 31.5 Å². The van der Waals surface area contributed by atoms with Gasteiger partial charge in [0, 0.05) is 23.3 Å². The summed E-state index contributed by atoms with van der Waals surface area (Å²) in [4.78, 5) is 0. The molecule has 1 unspecified atom stereocenters. The van der Waals surface area contributed by atoms with Crippen LogP contribution >= 0.6 is 11.6 Å². The largest absolute Gasteiger partial charge is 0.416 e. The Kier molecular flexibility index (Phi) is 4.58. The number of nitrogens with one attached hydrogen (secondary N) is 2. The summed E-state index contributed by atoms with van der Waals surface area (Å²) in [5.41, 5.74) is -0.314. The number of anilines is 1. The Morgan fingerprint density at radius 1 is 1.26 bits per heavy atom. The van der Waals surface area contributed by atoms with Crippen LogP contribution in [0.25, 0.3) is 0 Å². The van der Waals surface area contributed by atoms with Gasteiger partial charge in [-0.05, 0) is 37.6 Å². The second kappa shape index (κ2) is 6.01. The van der Waals surface area contributed by atoms with Crippen LogP contribution < -0.4 is 10.6 Å². The van der Waals surface area contributed by atoms with Gasteiger partial charge in [-0.25, -0.2) is 0 Å². The molecule has 1 atom stereocenters. The van der Waals surface area contributed by atoms with Gasteiger partial charge in [0.05, 0.1) is 5.56 Å². The third-order valence-electron chi connectivity index (χ3n) is 3.19. The maximum absolute atomic E-state index is 12.6. The van der Waals surface area contributed by atoms with Gasteiger partial charge in [0.1, 0.15) is 0 Å². The summed E-state index contributed by atoms with van der Waals surface area (Å²) >= 11 is 5.72. The molecular weight excluding hydrogens is 277 g/mol. The molecule has 2 rings (SSSR count). The lowest BCUT2D eigenvalue weighted by atomic mass is 10.0. The first kappa shape index (κ1) is 14.5. The minimum Gasteiger partial charge on any atom is -0.383 e. The normalized spacial score (nSPS) is 20.3. The molecule has 1 aliphatic rings. The highest BCUT2D eigenvalue weighted by Crippen LogP contribution is 2.33. The van der Waals surface area contributed by atoms with Gasteiger partial charge in [-0.15, -0.1) is 0 Å². The first-order valence-corrected chi connectivity index (χ1v) is 6.68. The predicted molar refractivity (Wildman–Crippen MR) is 70.6 cm³/mol. The summed E-state index contributed by atoms with van der Waals surface area (Å²) in [7, 11) is 0. The molecule has 0 aliphatic carbocycles. The van der Waals surface area contributed by atoms with E-state index < -0.39 is 11.7 Å². The molecule has 0 bridgehead atoms. The van der Waals surface area contributed by atoms with E-state index in [1.54, 1.807) is 0 Å². The summed E-state index contributed by atoms with van der Waals surface area (Å²) < 4.78 is 37.9. The number of rotatable bonds is 3. The molecule has 0 spiro atoms. The molecule has 0 saturated carbocycles. The summed E-state index contributed by atoms with van der Waals surface area (Å²) in [5.74, 6) is 0. The van der Waals surface area contributed by atoms with Crippen LogP contribution in [-0.2, 0) is 6.18 Å². The Labute approximate surface area is 115 Å². The van der Waals surface area contributed by atoms with E-state index >= 15 is 0 Å². The van der Waals surface area contributed by atoms with Crippen LogP contribution in [0.5, 0.6) is 0 Å². The highest BCUT2D eigenvalue weighted by atomic mass is 35.5. The lowest BCUT2D eigenvalue weighted by Gasteiger charge is -2.24. The zero-order chi connectivity index (χ0) is 13.9. The highest BCUT2D eigenvalue weighted by Gasteiger charge is 2.31. The number of halogens is 4. The van der Waals surface area contributed by atoms with Gasteiger partial charge >= 0.3 is 6.18 Å². The Hall–Kier alpha value is -0.940. The molecule has 1 aliphatic heterocycles. The Balaban J connectivity index is 2.01. The molecule has 1 aromatic rings. The third-order valence-corrected chi connectivity index (χ3v) is 3.41. The van der Waals surface area contributed by atoms with Crippen LogP contribution in [0.4, 0.5) is 18.9 Å². The van der Waals surface area contributed by atoms with Gasteiger partial charge in [0.25, 0.3) is 0 Å². The third kappa shape index (κ3) is 4.28. The van der Waals surface area contributed by atoms with Crippen molar-refractivity contribution in [1.82, 2.24) is 5.32 Å². The molecule has 1 aromatic carbocycles. The van der Waals surface area contributed by atoms with Gasteiger partial charge in [-0.3, -0.25) is 0 Å². The molecule has 19 heavy (non-hydrogen) atoms. The number of piperidine rings is 1. The van der Waals surface area contributed by atoms with Gasteiger partial charge < -0.3 is 10.6 Å². The van der Waals surface area contributed by atoms with E-state index in [-0.39, 0.29) is 5.02 Å². The van der Waals surface area contributed by atoms with E-state index in [4.69, 9.17) is 11.6 Å². The van der Waals surface area contributed by atoms with Crippen LogP contribution in [0.2, 0.25) is 5.02 Å². The monoisotopic (exact) mass is 292 g/mol. The van der Waals surface area contributed by atoms with E-state index in [9.17, 15) is 13.2 Å². The quantitative estimate of drug-likeness (QED) is 0.882. The van der Waals surface area contributed by atoms with E-state index in [2.05, 4.69) is 10.6 Å². The van der Waals surface area contributed by atoms with Gasteiger partial charge in [0.2, 0.25) is 0 Å². The number of hydrogen-bond acceptors (Lipinski definition) is 2. The fraction of sp³-hybridized carbons (Fsp3) is 0.538. The van der Waals surface area contributed by atoms with Crippen molar-refractivity contribution < 1.29 is 13.2 Å². The van der Waals surface area contributed by atoms with Crippen molar-refractivity contribution in [3.8, 4) is 0 Å². The number of benzene rings is 1. The fourth-order valence-corrected chi connectivity index (χ4v) is 2.43. The Morgan fingerprint density at radius 2 is 2.05 bits per heavy atom. The molecule has 106 valence electrons. The van der Waals surface area contributed by atoms with Crippen LogP contribution in [0.15, 0.2) is 18.2 Å². The second-order valence-electron chi connectivity index (χ2n) is 4.75. The molecule has 1 saturated heterocycles. The van der Waals surface area contributed by atoms with E-state index in [1.165, 1.54) is 6.07 Å². The standard InChI is InChI=1S/C13H16ClF3N2/c14-10-5-9(13(15,16)17)6-12(7-10)19-8-11-3-1-2-4-18-11/h5-7,11,18-19H,1-4,8H2. The average molecular weight is 293 g/mol. The molecule has 2 nitrogen and oxygen atoms in total. The van der Waals surface area contributed by atoms with E-state index in [1.807, 2.05) is 0 Å². The van der Waals surface area contributed by atoms with Gasteiger partial charge in [-0.2, -0.15) is 13.2 Å². The molecule has 2 N–H and O–H groups in total. The predicted octanol–water partition coefficient (Wildman–Crippen LogP) is 3.91. The maximum atomic E-state index is 12.6. The van der Waals surface area contributed by atoms with Crippen molar-refractivity contribution in [1.29, 1.82) is 0 Å². The van der Waals surface area contributed by atoms with E-state index in [0.717, 1.165) is 37.9 Å². The lowest BCUT2D eigenvalue weighted by Crippen LogP contribution is -2.39. The molecule has 1 heterocycles. The number of hydrogen-bond donors (Lipinski definition) is 2. The Bertz CT molecular complexity index is 428. The van der Waals surface area contributed by atoms with Crippen molar-refractivity contribution in [3.05, 3.63) is 28.8 Å². The molecule has 0 aromatic heterocycles. The minimum absolute atomic E-state index is 0.0916. The average Bonchev–Trinajstić information content (AvgIpc) is 2.36. The summed E-state index contributed by atoms with van der Waals surface area (Å²) in [6.45, 7) is 1.58. The molecule has 1 fully saturated rings. The van der Waals surface area contributed by atoms with E-state index in [0.29, 0.717) is 18.3 Å². The van der Waals surface area contributed by atoms with Crippen molar-refractivity contribution in [2.75, 3.05) is 18.4 Å². The van der Waals surface area contributed by atoms with Crippen molar-refractivity contribution in [2.24, 2.45) is 0 Å². The molecule has 0 radical (unpaired) electrons. The number of alkyl halides is 3. The molecule has 6 heteroatoms. The SMILES string of the molecule is FC(F)(F)c1cc(Cl)cc(NCC2CCCCN2)c1. The molecule has 0 amide bonds.